The first-order valence-corrected chi connectivity index (χ1v) is 12.7. The quantitative estimate of drug-likeness (QED) is 0.236. The zero-order valence-corrected chi connectivity index (χ0v) is 21.4. The number of aromatic hydroxyl groups is 1. The van der Waals surface area contributed by atoms with Crippen molar-refractivity contribution >= 4 is 16.9 Å². The molecular weight excluding hydrogens is 517 g/mol. The third-order valence-electron chi connectivity index (χ3n) is 6.86. The number of amides is 1. The molecule has 0 saturated heterocycles. The number of para-hydroxylation sites is 1. The van der Waals surface area contributed by atoms with E-state index in [1.807, 2.05) is 6.92 Å². The summed E-state index contributed by atoms with van der Waals surface area (Å²) in [5.74, 6) is 0.495. The number of halogens is 1. The zero-order valence-electron chi connectivity index (χ0n) is 21.4. The Bertz CT molecular complexity index is 1720. The Morgan fingerprint density at radius 1 is 1.18 bits per heavy atom. The van der Waals surface area contributed by atoms with Gasteiger partial charge >= 0.3 is 0 Å². The smallest absolute Gasteiger partial charge is 0.254 e. The molecule has 0 bridgehead atoms. The van der Waals surface area contributed by atoms with Crippen LogP contribution in [0.1, 0.15) is 41.9 Å². The average molecular weight is 542 g/mol. The Kier molecular flexibility index (Phi) is 6.42. The van der Waals surface area contributed by atoms with Gasteiger partial charge in [0.2, 0.25) is 5.52 Å². The number of hydrogen-bond donors (Lipinski definition) is 2. The number of fused-ring (bicyclic) bond motifs is 1. The first-order chi connectivity index (χ1) is 19.4. The van der Waals surface area contributed by atoms with Gasteiger partial charge in [0, 0.05) is 18.0 Å². The van der Waals surface area contributed by atoms with E-state index in [0.717, 1.165) is 0 Å². The van der Waals surface area contributed by atoms with Crippen molar-refractivity contribution in [2.45, 2.75) is 31.7 Å². The molecule has 4 aromatic heterocycles. The highest BCUT2D eigenvalue weighted by molar-refractivity contribution is 6.04. The first-order valence-electron chi connectivity index (χ1n) is 12.7. The van der Waals surface area contributed by atoms with Crippen LogP contribution in [-0.4, -0.2) is 48.4 Å². The molecule has 6 rings (SSSR count). The van der Waals surface area contributed by atoms with Gasteiger partial charge in [0.05, 0.1) is 36.3 Å². The second-order valence-electron chi connectivity index (χ2n) is 9.44. The van der Waals surface area contributed by atoms with Gasteiger partial charge in [-0.15, -0.1) is 10.2 Å². The van der Waals surface area contributed by atoms with Crippen LogP contribution in [0, 0.1) is 11.0 Å². The molecule has 0 atom stereocenters. The number of ether oxygens (including phenoxy) is 1. The molecule has 202 valence electrons. The van der Waals surface area contributed by atoms with Crippen LogP contribution in [0.4, 0.5) is 4.39 Å². The summed E-state index contributed by atoms with van der Waals surface area (Å²) in [7, 11) is 0. The summed E-state index contributed by atoms with van der Waals surface area (Å²) < 4.78 is 22.7. The molecule has 1 aromatic carbocycles. The SMILES string of the molecule is CCOc1ccc(-c2nnc([C@H]3C[C@H](NC(=O)c4cc[n+]([O-])c5cc(O)cnc45)C3)n2-c2ccccc2F)nc1. The van der Waals surface area contributed by atoms with Gasteiger partial charge in [-0.1, -0.05) is 12.1 Å². The third kappa shape index (κ3) is 4.53. The fourth-order valence-electron chi connectivity index (χ4n) is 4.87. The molecule has 11 nitrogen and oxygen atoms in total. The lowest BCUT2D eigenvalue weighted by atomic mass is 9.79. The maximum Gasteiger partial charge on any atom is 0.254 e. The summed E-state index contributed by atoms with van der Waals surface area (Å²) in [4.78, 5) is 21.6. The van der Waals surface area contributed by atoms with E-state index in [2.05, 4.69) is 25.5 Å². The standard InChI is InChI=1S/C28H24FN7O4/c1-2-40-19-7-8-22(30-15-19)27-34-33-26(36(27)23-6-4-3-5-21(23)29)16-11-17(12-16)32-28(38)20-9-10-35(39)24-13-18(37)14-31-25(20)24/h3-10,13-17,37H,2,11-12H2,1H3,(H,32,38)/t16-,17-. The highest BCUT2D eigenvalue weighted by Crippen LogP contribution is 2.39. The minimum atomic E-state index is -0.426. The van der Waals surface area contributed by atoms with Gasteiger partial charge in [-0.25, -0.2) is 14.4 Å². The largest absolute Gasteiger partial charge is 0.618 e. The maximum absolute atomic E-state index is 15.0. The molecule has 1 aliphatic carbocycles. The van der Waals surface area contributed by atoms with E-state index in [9.17, 15) is 19.5 Å². The van der Waals surface area contributed by atoms with Crippen molar-refractivity contribution in [1.82, 2.24) is 30.0 Å². The fourth-order valence-corrected chi connectivity index (χ4v) is 4.87. The Morgan fingerprint density at radius 2 is 2.00 bits per heavy atom. The van der Waals surface area contributed by atoms with E-state index in [4.69, 9.17) is 4.74 Å². The monoisotopic (exact) mass is 541 g/mol. The predicted octanol–water partition coefficient (Wildman–Crippen LogP) is 3.43. The highest BCUT2D eigenvalue weighted by atomic mass is 19.1. The number of nitrogens with zero attached hydrogens (tertiary/aromatic N) is 6. The minimum Gasteiger partial charge on any atom is -0.618 e. The van der Waals surface area contributed by atoms with Crippen LogP contribution in [0.25, 0.3) is 28.2 Å². The van der Waals surface area contributed by atoms with Gasteiger partial charge in [0.25, 0.3) is 5.91 Å². The zero-order chi connectivity index (χ0) is 27.8. The van der Waals surface area contributed by atoms with Crippen LogP contribution < -0.4 is 14.8 Å². The summed E-state index contributed by atoms with van der Waals surface area (Å²) in [6.45, 7) is 2.39. The highest BCUT2D eigenvalue weighted by Gasteiger charge is 2.37. The molecule has 0 aliphatic heterocycles. The molecule has 0 unspecified atom stereocenters. The van der Waals surface area contributed by atoms with Crippen molar-refractivity contribution in [3.63, 3.8) is 0 Å². The molecule has 1 aliphatic rings. The van der Waals surface area contributed by atoms with Gasteiger partial charge < -0.3 is 20.4 Å². The topological polar surface area (TPSA) is 142 Å². The third-order valence-corrected chi connectivity index (χ3v) is 6.86. The molecule has 1 saturated carbocycles. The van der Waals surface area contributed by atoms with Gasteiger partial charge in [-0.3, -0.25) is 9.36 Å². The summed E-state index contributed by atoms with van der Waals surface area (Å²) >= 11 is 0. The van der Waals surface area contributed by atoms with Gasteiger partial charge in [0.15, 0.2) is 12.0 Å². The van der Waals surface area contributed by atoms with E-state index < -0.39 is 5.82 Å². The lowest BCUT2D eigenvalue weighted by Crippen LogP contribution is -2.44. The Balaban J connectivity index is 1.25. The number of nitrogens with one attached hydrogen (secondary N) is 1. The maximum atomic E-state index is 15.0. The fraction of sp³-hybridized carbons (Fsp3) is 0.214. The molecule has 12 heteroatoms. The van der Waals surface area contributed by atoms with E-state index in [0.29, 0.717) is 53.0 Å². The predicted molar refractivity (Wildman–Crippen MR) is 141 cm³/mol. The number of pyridine rings is 3. The Hall–Kier alpha value is -5.13. The molecule has 2 N–H and O–H groups in total. The second kappa shape index (κ2) is 10.2. The molecule has 5 aromatic rings. The van der Waals surface area contributed by atoms with Gasteiger partial charge in [0.1, 0.15) is 34.4 Å². The van der Waals surface area contributed by atoms with Crippen molar-refractivity contribution in [3.05, 3.63) is 89.5 Å². The van der Waals surface area contributed by atoms with Crippen molar-refractivity contribution in [3.8, 4) is 28.7 Å². The molecular formula is C28H24FN7O4. The number of hydrogen-bond acceptors (Lipinski definition) is 8. The normalized spacial score (nSPS) is 16.4. The molecule has 1 amide bonds. The van der Waals surface area contributed by atoms with Crippen molar-refractivity contribution in [1.29, 1.82) is 0 Å². The average Bonchev–Trinajstić information content (AvgIpc) is 3.36. The van der Waals surface area contributed by atoms with Crippen LogP contribution in [0.5, 0.6) is 11.5 Å². The number of rotatable bonds is 7. The van der Waals surface area contributed by atoms with Crippen LogP contribution >= 0.6 is 0 Å². The summed E-state index contributed by atoms with van der Waals surface area (Å²) in [5.41, 5.74) is 1.32. The van der Waals surface area contributed by atoms with Crippen molar-refractivity contribution < 1.29 is 23.8 Å². The summed E-state index contributed by atoms with van der Waals surface area (Å²) in [6.07, 6.45) is 5.08. The van der Waals surface area contributed by atoms with E-state index in [-0.39, 0.29) is 40.2 Å². The van der Waals surface area contributed by atoms with E-state index in [1.165, 1.54) is 30.6 Å². The lowest BCUT2D eigenvalue weighted by molar-refractivity contribution is -0.577. The van der Waals surface area contributed by atoms with Gasteiger partial charge in [-0.2, -0.15) is 4.73 Å². The Morgan fingerprint density at radius 3 is 2.75 bits per heavy atom. The Labute approximate surface area is 227 Å². The van der Waals surface area contributed by atoms with Crippen LogP contribution in [0.15, 0.2) is 67.1 Å². The van der Waals surface area contributed by atoms with Crippen LogP contribution in [0.3, 0.4) is 0 Å². The lowest BCUT2D eigenvalue weighted by Gasteiger charge is -2.35. The number of carbonyl (C=O) groups is 1. The number of aromatic nitrogens is 6. The van der Waals surface area contributed by atoms with E-state index in [1.54, 1.807) is 41.1 Å². The summed E-state index contributed by atoms with van der Waals surface area (Å²) in [5, 5.41) is 33.5. The minimum absolute atomic E-state index is 0.0903. The number of benzene rings is 1. The van der Waals surface area contributed by atoms with Crippen LogP contribution in [-0.2, 0) is 0 Å². The van der Waals surface area contributed by atoms with E-state index >= 15 is 0 Å². The number of carbonyl (C=O) groups excluding carboxylic acids is 1. The van der Waals surface area contributed by atoms with Gasteiger partial charge in [-0.05, 0) is 44.0 Å². The molecule has 4 heterocycles. The molecule has 40 heavy (non-hydrogen) atoms. The molecule has 0 radical (unpaired) electrons. The molecule has 0 spiro atoms. The second-order valence-corrected chi connectivity index (χ2v) is 9.44. The molecule has 1 fully saturated rings. The van der Waals surface area contributed by atoms with Crippen molar-refractivity contribution in [2.75, 3.05) is 6.61 Å². The summed E-state index contributed by atoms with van der Waals surface area (Å²) in [6, 6.07) is 12.4. The van der Waals surface area contributed by atoms with Crippen molar-refractivity contribution in [2.24, 2.45) is 0 Å². The first kappa shape index (κ1) is 25.2. The van der Waals surface area contributed by atoms with Crippen LogP contribution in [0.2, 0.25) is 0 Å².